The highest BCUT2D eigenvalue weighted by Gasteiger charge is 2.06. The van der Waals surface area contributed by atoms with E-state index in [-0.39, 0.29) is 29.8 Å². The molecule has 0 aliphatic carbocycles. The molecular formula is C20H28FIN6. The number of nitrogens with one attached hydrogen (secondary N) is 3. The molecule has 2 heterocycles. The summed E-state index contributed by atoms with van der Waals surface area (Å²) in [6.45, 7) is 6.50. The van der Waals surface area contributed by atoms with Crippen LogP contribution in [0, 0.1) is 19.7 Å². The van der Waals surface area contributed by atoms with Crippen LogP contribution in [0.3, 0.4) is 0 Å². The molecule has 0 saturated carbocycles. The molecule has 0 fully saturated rings. The first-order chi connectivity index (χ1) is 13.1. The lowest BCUT2D eigenvalue weighted by Crippen LogP contribution is -2.39. The standard InChI is InChI=1S/C20H27FN6.HI/c1-14-11-15(2)27(26-14)10-4-8-23-20(22-3)24-9-7-16-13-25-19-6-5-17(21)12-18(16)19;/h5-6,11-13,25H,4,7-10H2,1-3H3,(H2,22,23,24);1H. The summed E-state index contributed by atoms with van der Waals surface area (Å²) < 4.78 is 15.5. The highest BCUT2D eigenvalue weighted by Crippen LogP contribution is 2.19. The third-order valence-corrected chi connectivity index (χ3v) is 4.58. The molecule has 3 rings (SSSR count). The van der Waals surface area contributed by atoms with Gasteiger partial charge in [-0.25, -0.2) is 4.39 Å². The quantitative estimate of drug-likeness (QED) is 0.202. The van der Waals surface area contributed by atoms with Crippen LogP contribution in [-0.2, 0) is 13.0 Å². The Balaban J connectivity index is 0.00000280. The van der Waals surface area contributed by atoms with Crippen molar-refractivity contribution >= 4 is 40.8 Å². The molecule has 0 radical (unpaired) electrons. The highest BCUT2D eigenvalue weighted by atomic mass is 127. The van der Waals surface area contributed by atoms with Crippen LogP contribution in [0.2, 0.25) is 0 Å². The molecule has 28 heavy (non-hydrogen) atoms. The van der Waals surface area contributed by atoms with Crippen LogP contribution in [0.25, 0.3) is 10.9 Å². The van der Waals surface area contributed by atoms with Gasteiger partial charge in [-0.05, 0) is 56.5 Å². The average Bonchev–Trinajstić information content (AvgIpc) is 3.19. The third kappa shape index (κ3) is 5.70. The van der Waals surface area contributed by atoms with Crippen LogP contribution in [0.15, 0.2) is 35.5 Å². The topological polar surface area (TPSA) is 70.0 Å². The van der Waals surface area contributed by atoms with Gasteiger partial charge in [-0.15, -0.1) is 24.0 Å². The molecule has 0 aliphatic heterocycles. The first-order valence-electron chi connectivity index (χ1n) is 9.28. The lowest BCUT2D eigenvalue weighted by molar-refractivity contribution is 0.555. The summed E-state index contributed by atoms with van der Waals surface area (Å²) in [7, 11) is 1.76. The van der Waals surface area contributed by atoms with Crippen molar-refractivity contribution in [2.45, 2.75) is 33.2 Å². The summed E-state index contributed by atoms with van der Waals surface area (Å²) in [5.41, 5.74) is 4.29. The van der Waals surface area contributed by atoms with E-state index in [0.29, 0.717) is 0 Å². The van der Waals surface area contributed by atoms with Crippen molar-refractivity contribution in [1.29, 1.82) is 0 Å². The van der Waals surface area contributed by atoms with E-state index in [4.69, 9.17) is 0 Å². The fourth-order valence-corrected chi connectivity index (χ4v) is 3.23. The van der Waals surface area contributed by atoms with Crippen LogP contribution >= 0.6 is 24.0 Å². The van der Waals surface area contributed by atoms with Gasteiger partial charge in [-0.1, -0.05) is 0 Å². The van der Waals surface area contributed by atoms with Crippen LogP contribution in [0.4, 0.5) is 4.39 Å². The number of benzene rings is 1. The number of nitrogens with zero attached hydrogens (tertiary/aromatic N) is 3. The molecular weight excluding hydrogens is 470 g/mol. The molecule has 3 N–H and O–H groups in total. The summed E-state index contributed by atoms with van der Waals surface area (Å²) in [5.74, 6) is 0.561. The lowest BCUT2D eigenvalue weighted by Gasteiger charge is -2.12. The number of hydrogen-bond acceptors (Lipinski definition) is 2. The molecule has 6 nitrogen and oxygen atoms in total. The highest BCUT2D eigenvalue weighted by molar-refractivity contribution is 14.0. The molecule has 8 heteroatoms. The largest absolute Gasteiger partial charge is 0.361 e. The van der Waals surface area contributed by atoms with Gasteiger partial charge in [-0.2, -0.15) is 5.10 Å². The van der Waals surface area contributed by atoms with Crippen molar-refractivity contribution in [1.82, 2.24) is 25.4 Å². The molecule has 1 aromatic carbocycles. The summed E-state index contributed by atoms with van der Waals surface area (Å²) in [5, 5.41) is 12.0. The van der Waals surface area contributed by atoms with E-state index in [0.717, 1.165) is 60.6 Å². The van der Waals surface area contributed by atoms with Crippen molar-refractivity contribution in [3.05, 3.63) is 53.2 Å². The number of halogens is 2. The Bertz CT molecular complexity index is 930. The number of aryl methyl sites for hydroxylation is 3. The molecule has 3 aromatic rings. The zero-order valence-corrected chi connectivity index (χ0v) is 18.9. The first kappa shape index (κ1) is 22.2. The predicted molar refractivity (Wildman–Crippen MR) is 123 cm³/mol. The third-order valence-electron chi connectivity index (χ3n) is 4.58. The number of aromatic nitrogens is 3. The molecule has 0 saturated heterocycles. The van der Waals surface area contributed by atoms with E-state index in [1.165, 1.54) is 11.8 Å². The van der Waals surface area contributed by atoms with E-state index >= 15 is 0 Å². The van der Waals surface area contributed by atoms with Crippen LogP contribution in [0.1, 0.15) is 23.4 Å². The number of hydrogen-bond donors (Lipinski definition) is 3. The van der Waals surface area contributed by atoms with Crippen molar-refractivity contribution in [3.63, 3.8) is 0 Å². The maximum absolute atomic E-state index is 13.5. The van der Waals surface area contributed by atoms with E-state index in [2.05, 4.69) is 38.7 Å². The van der Waals surface area contributed by atoms with Crippen molar-refractivity contribution < 1.29 is 4.39 Å². The summed E-state index contributed by atoms with van der Waals surface area (Å²) >= 11 is 0. The molecule has 2 aromatic heterocycles. The van der Waals surface area contributed by atoms with Crippen LogP contribution in [0.5, 0.6) is 0 Å². The van der Waals surface area contributed by atoms with E-state index < -0.39 is 0 Å². The molecule has 0 aliphatic rings. The maximum atomic E-state index is 13.5. The van der Waals surface area contributed by atoms with E-state index in [1.54, 1.807) is 19.2 Å². The Morgan fingerprint density at radius 1 is 1.21 bits per heavy atom. The molecule has 0 unspecified atom stereocenters. The minimum Gasteiger partial charge on any atom is -0.361 e. The number of aliphatic imine (C=N–C) groups is 1. The van der Waals surface area contributed by atoms with Gasteiger partial charge in [0.1, 0.15) is 5.82 Å². The second kappa shape index (κ2) is 10.4. The number of H-pyrrole nitrogens is 1. The maximum Gasteiger partial charge on any atom is 0.190 e. The zero-order valence-electron chi connectivity index (χ0n) is 16.6. The SMILES string of the molecule is CN=C(NCCCn1nc(C)cc1C)NCCc1c[nH]c2ccc(F)cc12.I. The fraction of sp³-hybridized carbons (Fsp3) is 0.400. The number of rotatable bonds is 7. The number of guanidine groups is 1. The van der Waals surface area contributed by atoms with E-state index in [1.807, 2.05) is 17.8 Å². The molecule has 0 atom stereocenters. The minimum atomic E-state index is -0.212. The average molecular weight is 498 g/mol. The van der Waals surface area contributed by atoms with Gasteiger partial charge in [0.2, 0.25) is 0 Å². The van der Waals surface area contributed by atoms with Crippen LogP contribution < -0.4 is 10.6 Å². The van der Waals surface area contributed by atoms with Crippen LogP contribution in [-0.4, -0.2) is 40.9 Å². The molecule has 0 amide bonds. The Labute approximate surface area is 182 Å². The van der Waals surface area contributed by atoms with Gasteiger partial charge in [0.25, 0.3) is 0 Å². The second-order valence-electron chi connectivity index (χ2n) is 6.68. The van der Waals surface area contributed by atoms with Gasteiger partial charge in [-0.3, -0.25) is 9.67 Å². The van der Waals surface area contributed by atoms with Gasteiger partial charge in [0.05, 0.1) is 5.69 Å². The van der Waals surface area contributed by atoms with Crippen molar-refractivity contribution in [2.75, 3.05) is 20.1 Å². The monoisotopic (exact) mass is 498 g/mol. The minimum absolute atomic E-state index is 0. The number of fused-ring (bicyclic) bond motifs is 1. The normalized spacial score (nSPS) is 11.5. The lowest BCUT2D eigenvalue weighted by atomic mass is 10.1. The first-order valence-corrected chi connectivity index (χ1v) is 9.28. The summed E-state index contributed by atoms with van der Waals surface area (Å²) in [6, 6.07) is 6.90. The smallest absolute Gasteiger partial charge is 0.190 e. The molecule has 0 spiro atoms. The Kier molecular flexibility index (Phi) is 8.28. The Morgan fingerprint density at radius 2 is 2.00 bits per heavy atom. The fourth-order valence-electron chi connectivity index (χ4n) is 3.23. The second-order valence-corrected chi connectivity index (χ2v) is 6.68. The summed E-state index contributed by atoms with van der Waals surface area (Å²) in [6.07, 6.45) is 3.69. The van der Waals surface area contributed by atoms with Gasteiger partial charge in [0, 0.05) is 49.5 Å². The van der Waals surface area contributed by atoms with Gasteiger partial charge < -0.3 is 15.6 Å². The van der Waals surface area contributed by atoms with Crippen molar-refractivity contribution in [3.8, 4) is 0 Å². The van der Waals surface area contributed by atoms with E-state index in [9.17, 15) is 4.39 Å². The predicted octanol–water partition coefficient (Wildman–Crippen LogP) is 3.54. The zero-order chi connectivity index (χ0) is 19.2. The Hall–Kier alpha value is -2.10. The summed E-state index contributed by atoms with van der Waals surface area (Å²) in [4.78, 5) is 7.44. The number of aromatic amines is 1. The molecule has 0 bridgehead atoms. The molecule has 152 valence electrons. The van der Waals surface area contributed by atoms with Crippen molar-refractivity contribution in [2.24, 2.45) is 4.99 Å². The van der Waals surface area contributed by atoms with Gasteiger partial charge >= 0.3 is 0 Å². The Morgan fingerprint density at radius 3 is 2.71 bits per heavy atom. The van der Waals surface area contributed by atoms with Gasteiger partial charge in [0.15, 0.2) is 5.96 Å².